The van der Waals surface area contributed by atoms with Crippen molar-refractivity contribution in [3.8, 4) is 28.4 Å². The molecule has 0 spiro atoms. The molecular formula is C30H32FNO8S2. The molecule has 12 heteroatoms. The zero-order valence-electron chi connectivity index (χ0n) is 23.9. The van der Waals surface area contributed by atoms with Gasteiger partial charge in [-0.2, -0.15) is 8.42 Å². The molecule has 0 aliphatic heterocycles. The van der Waals surface area contributed by atoms with Gasteiger partial charge in [0.25, 0.3) is 10.1 Å². The van der Waals surface area contributed by atoms with Crippen molar-refractivity contribution >= 4 is 27.8 Å². The number of ether oxygens (including phenoxy) is 3. The van der Waals surface area contributed by atoms with Gasteiger partial charge in [-0.05, 0) is 77.2 Å². The van der Waals surface area contributed by atoms with E-state index in [4.69, 9.17) is 18.4 Å². The van der Waals surface area contributed by atoms with E-state index in [1.54, 1.807) is 12.1 Å². The zero-order valence-corrected chi connectivity index (χ0v) is 25.5. The Kier molecular flexibility index (Phi) is 9.80. The van der Waals surface area contributed by atoms with Crippen molar-refractivity contribution in [1.82, 2.24) is 5.32 Å². The standard InChI is InChI=1S/C30H32FNO8S2/c1-37-25-14-19-6-8-23(32-27(34)13-17-10-18(12-20(31)11-17)16-40-42(5,35)36)22-15-24(33)26(41-4)9-7-21(22)28(19)30(39-3)29(25)38-2/h7,9-12,14-15,23H,6,8,13,16H2,1-5H3,(H,32,34). The fourth-order valence-electron chi connectivity index (χ4n) is 5.13. The molecule has 1 atom stereocenters. The topological polar surface area (TPSA) is 117 Å². The number of thioether (sulfide) groups is 1. The van der Waals surface area contributed by atoms with E-state index in [9.17, 15) is 22.4 Å². The monoisotopic (exact) mass is 617 g/mol. The highest BCUT2D eigenvalue weighted by Gasteiger charge is 2.30. The van der Waals surface area contributed by atoms with E-state index in [1.165, 1.54) is 45.2 Å². The molecule has 1 amide bonds. The molecule has 0 saturated carbocycles. The Labute approximate surface area is 248 Å². The van der Waals surface area contributed by atoms with Gasteiger partial charge in [-0.1, -0.05) is 12.1 Å². The average Bonchev–Trinajstić information content (AvgIpc) is 3.18. The van der Waals surface area contributed by atoms with Crippen molar-refractivity contribution in [2.24, 2.45) is 0 Å². The van der Waals surface area contributed by atoms with Gasteiger partial charge in [-0.3, -0.25) is 13.8 Å². The maximum Gasteiger partial charge on any atom is 0.264 e. The summed E-state index contributed by atoms with van der Waals surface area (Å²) in [6, 6.07) is 10.3. The molecule has 1 aliphatic rings. The van der Waals surface area contributed by atoms with E-state index in [-0.39, 0.29) is 24.0 Å². The Balaban J connectivity index is 1.74. The molecule has 0 fully saturated rings. The van der Waals surface area contributed by atoms with Crippen molar-refractivity contribution in [3.05, 3.63) is 80.8 Å². The second kappa shape index (κ2) is 13.1. The van der Waals surface area contributed by atoms with Gasteiger partial charge in [0, 0.05) is 5.56 Å². The number of amides is 1. The predicted octanol–water partition coefficient (Wildman–Crippen LogP) is 4.42. The van der Waals surface area contributed by atoms with Crippen molar-refractivity contribution in [1.29, 1.82) is 0 Å². The first-order valence-electron chi connectivity index (χ1n) is 12.9. The summed E-state index contributed by atoms with van der Waals surface area (Å²) in [4.78, 5) is 27.0. The fraction of sp³-hybridized carbons (Fsp3) is 0.333. The van der Waals surface area contributed by atoms with Gasteiger partial charge in [0.1, 0.15) is 5.82 Å². The maximum absolute atomic E-state index is 14.3. The number of halogens is 1. The number of carbonyl (C=O) groups is 1. The molecule has 0 radical (unpaired) electrons. The van der Waals surface area contributed by atoms with Crippen LogP contribution in [0.4, 0.5) is 4.39 Å². The molecule has 42 heavy (non-hydrogen) atoms. The third-order valence-corrected chi connectivity index (χ3v) is 8.20. The van der Waals surface area contributed by atoms with Crippen LogP contribution in [0.3, 0.4) is 0 Å². The number of hydrogen-bond donors (Lipinski definition) is 1. The van der Waals surface area contributed by atoms with Crippen molar-refractivity contribution in [3.63, 3.8) is 0 Å². The Bertz CT molecular complexity index is 1680. The van der Waals surface area contributed by atoms with Gasteiger partial charge in [0.15, 0.2) is 16.9 Å². The zero-order chi connectivity index (χ0) is 30.6. The van der Waals surface area contributed by atoms with E-state index < -0.39 is 27.9 Å². The molecule has 1 unspecified atom stereocenters. The van der Waals surface area contributed by atoms with Crippen LogP contribution in [-0.4, -0.2) is 48.2 Å². The summed E-state index contributed by atoms with van der Waals surface area (Å²) in [6.45, 7) is -0.352. The summed E-state index contributed by atoms with van der Waals surface area (Å²) in [5.41, 5.74) is 3.39. The predicted molar refractivity (Wildman–Crippen MR) is 159 cm³/mol. The van der Waals surface area contributed by atoms with Gasteiger partial charge < -0.3 is 19.5 Å². The van der Waals surface area contributed by atoms with Crippen LogP contribution in [-0.2, 0) is 38.5 Å². The normalized spacial score (nSPS) is 14.3. The minimum absolute atomic E-state index is 0.174. The average molecular weight is 618 g/mol. The van der Waals surface area contributed by atoms with E-state index in [2.05, 4.69) is 5.32 Å². The molecule has 0 saturated heterocycles. The Morgan fingerprint density at radius 2 is 1.74 bits per heavy atom. The third-order valence-electron chi connectivity index (χ3n) is 6.88. The second-order valence-corrected chi connectivity index (χ2v) is 12.2. The molecule has 0 heterocycles. The largest absolute Gasteiger partial charge is 0.493 e. The van der Waals surface area contributed by atoms with Crippen LogP contribution in [0.15, 0.2) is 52.2 Å². The Morgan fingerprint density at radius 3 is 2.38 bits per heavy atom. The summed E-state index contributed by atoms with van der Waals surface area (Å²) in [5.74, 6) is 0.336. The molecule has 1 N–H and O–H groups in total. The van der Waals surface area contributed by atoms with Crippen LogP contribution >= 0.6 is 11.8 Å². The summed E-state index contributed by atoms with van der Waals surface area (Å²) in [7, 11) is 0.864. The molecule has 0 bridgehead atoms. The van der Waals surface area contributed by atoms with Crippen LogP contribution < -0.4 is 25.0 Å². The lowest BCUT2D eigenvalue weighted by Gasteiger charge is -2.20. The van der Waals surface area contributed by atoms with Crippen LogP contribution in [0, 0.1) is 5.82 Å². The van der Waals surface area contributed by atoms with E-state index in [0.29, 0.717) is 51.7 Å². The molecular weight excluding hydrogens is 585 g/mol. The van der Waals surface area contributed by atoms with Gasteiger partial charge in [-0.25, -0.2) is 4.39 Å². The lowest BCUT2D eigenvalue weighted by atomic mass is 9.95. The van der Waals surface area contributed by atoms with Gasteiger partial charge >= 0.3 is 0 Å². The number of aryl methyl sites for hydroxylation is 1. The van der Waals surface area contributed by atoms with Gasteiger partial charge in [0.2, 0.25) is 11.7 Å². The first kappa shape index (κ1) is 31.3. The number of hydrogen-bond acceptors (Lipinski definition) is 9. The molecule has 1 aliphatic carbocycles. The number of nitrogens with one attached hydrogen (secondary N) is 1. The molecule has 3 aromatic rings. The van der Waals surface area contributed by atoms with E-state index in [0.717, 1.165) is 23.4 Å². The summed E-state index contributed by atoms with van der Waals surface area (Å²) >= 11 is 1.32. The number of carbonyl (C=O) groups excluding carboxylic acids is 1. The van der Waals surface area contributed by atoms with Gasteiger partial charge in [0.05, 0.1) is 51.6 Å². The van der Waals surface area contributed by atoms with Crippen molar-refractivity contribution in [2.75, 3.05) is 33.8 Å². The van der Waals surface area contributed by atoms with Gasteiger partial charge in [-0.15, -0.1) is 11.8 Å². The molecule has 9 nitrogen and oxygen atoms in total. The summed E-state index contributed by atoms with van der Waals surface area (Å²) in [5, 5.41) is 3.03. The van der Waals surface area contributed by atoms with E-state index >= 15 is 0 Å². The van der Waals surface area contributed by atoms with E-state index in [1.807, 2.05) is 18.4 Å². The molecule has 224 valence electrons. The highest BCUT2D eigenvalue weighted by Crippen LogP contribution is 2.50. The minimum Gasteiger partial charge on any atom is -0.493 e. The first-order chi connectivity index (χ1) is 20.0. The highest BCUT2D eigenvalue weighted by molar-refractivity contribution is 7.98. The van der Waals surface area contributed by atoms with Crippen LogP contribution in [0.25, 0.3) is 11.1 Å². The van der Waals surface area contributed by atoms with Crippen LogP contribution in [0.2, 0.25) is 0 Å². The summed E-state index contributed by atoms with van der Waals surface area (Å²) in [6.07, 6.45) is 3.52. The smallest absolute Gasteiger partial charge is 0.264 e. The quantitative estimate of drug-likeness (QED) is 0.261. The van der Waals surface area contributed by atoms with Crippen molar-refractivity contribution < 1.29 is 36.0 Å². The Morgan fingerprint density at radius 1 is 1.02 bits per heavy atom. The Hall–Kier alpha value is -3.61. The number of fused-ring (bicyclic) bond motifs is 3. The number of methoxy groups -OCH3 is 3. The number of benzene rings is 2. The molecule has 0 aromatic heterocycles. The van der Waals surface area contributed by atoms with Crippen LogP contribution in [0.5, 0.6) is 17.2 Å². The lowest BCUT2D eigenvalue weighted by molar-refractivity contribution is -0.121. The lowest BCUT2D eigenvalue weighted by Crippen LogP contribution is -2.30. The second-order valence-electron chi connectivity index (χ2n) is 9.73. The first-order valence-corrected chi connectivity index (χ1v) is 16.0. The summed E-state index contributed by atoms with van der Waals surface area (Å²) < 4.78 is 58.8. The number of rotatable bonds is 10. The molecule has 3 aromatic carbocycles. The van der Waals surface area contributed by atoms with Crippen molar-refractivity contribution in [2.45, 2.75) is 36.8 Å². The fourth-order valence-corrected chi connectivity index (χ4v) is 5.94. The SMILES string of the molecule is COc1cc2c(c(OC)c1OC)-c1ccc(SC)c(=O)cc1C(NC(=O)Cc1cc(F)cc(COS(C)(=O)=O)c1)CC2. The maximum atomic E-state index is 14.3. The van der Waals surface area contributed by atoms with Crippen LogP contribution in [0.1, 0.15) is 34.7 Å². The molecule has 4 rings (SSSR count). The third kappa shape index (κ3) is 7.05. The minimum atomic E-state index is -3.73. The highest BCUT2D eigenvalue weighted by atomic mass is 32.2.